The SMILES string of the molecule is CCOC(=O)NC(Nc1sc2c(c1C#N)CCC(C)C2)(C(=O)OCC)C(F)(F)F. The average Bonchev–Trinajstić information content (AvgIpc) is 2.96. The highest BCUT2D eigenvalue weighted by Gasteiger charge is 2.64. The van der Waals surface area contributed by atoms with Crippen molar-refractivity contribution in [1.82, 2.24) is 5.32 Å². The molecule has 1 aliphatic carbocycles. The lowest BCUT2D eigenvalue weighted by molar-refractivity contribution is -0.205. The lowest BCUT2D eigenvalue weighted by Crippen LogP contribution is -2.69. The van der Waals surface area contributed by atoms with E-state index in [1.807, 2.05) is 13.0 Å². The van der Waals surface area contributed by atoms with Crippen molar-refractivity contribution >= 4 is 28.4 Å². The average molecular weight is 433 g/mol. The minimum Gasteiger partial charge on any atom is -0.463 e. The van der Waals surface area contributed by atoms with Gasteiger partial charge in [0.2, 0.25) is 0 Å². The predicted octanol–water partition coefficient (Wildman–Crippen LogP) is 3.72. The molecule has 1 aromatic heterocycles. The van der Waals surface area contributed by atoms with E-state index in [4.69, 9.17) is 0 Å². The molecule has 1 aliphatic rings. The number of alkyl carbamates (subject to hydrolysis) is 1. The number of nitrogens with zero attached hydrogens (tertiary/aromatic N) is 1. The van der Waals surface area contributed by atoms with E-state index in [-0.39, 0.29) is 23.8 Å². The van der Waals surface area contributed by atoms with E-state index < -0.39 is 23.9 Å². The Kier molecular flexibility index (Phi) is 7.00. The molecule has 0 radical (unpaired) electrons. The first-order chi connectivity index (χ1) is 13.6. The zero-order chi connectivity index (χ0) is 21.8. The summed E-state index contributed by atoms with van der Waals surface area (Å²) >= 11 is 0.976. The van der Waals surface area contributed by atoms with Crippen LogP contribution in [0.4, 0.5) is 23.0 Å². The van der Waals surface area contributed by atoms with Gasteiger partial charge in [0.05, 0.1) is 18.8 Å². The van der Waals surface area contributed by atoms with Crippen LogP contribution < -0.4 is 10.6 Å². The van der Waals surface area contributed by atoms with Crippen LogP contribution in [0.2, 0.25) is 0 Å². The molecule has 0 saturated carbocycles. The third-order valence-electron chi connectivity index (χ3n) is 4.50. The Morgan fingerprint density at radius 2 is 1.93 bits per heavy atom. The van der Waals surface area contributed by atoms with Crippen molar-refractivity contribution in [2.75, 3.05) is 18.5 Å². The summed E-state index contributed by atoms with van der Waals surface area (Å²) in [5, 5.41) is 13.1. The monoisotopic (exact) mass is 433 g/mol. The van der Waals surface area contributed by atoms with Crippen molar-refractivity contribution in [3.05, 3.63) is 16.0 Å². The van der Waals surface area contributed by atoms with Crippen LogP contribution in [0.25, 0.3) is 0 Å². The summed E-state index contributed by atoms with van der Waals surface area (Å²) in [6, 6.07) is 1.93. The number of hydrogen-bond acceptors (Lipinski definition) is 7. The normalized spacial score (nSPS) is 18.0. The van der Waals surface area contributed by atoms with Crippen LogP contribution in [-0.4, -0.2) is 37.1 Å². The fourth-order valence-corrected chi connectivity index (χ4v) is 4.49. The molecule has 160 valence electrons. The van der Waals surface area contributed by atoms with Crippen LogP contribution in [0.3, 0.4) is 0 Å². The maximum Gasteiger partial charge on any atom is 0.442 e. The maximum atomic E-state index is 14.1. The second kappa shape index (κ2) is 8.90. The van der Waals surface area contributed by atoms with E-state index in [0.717, 1.165) is 22.6 Å². The van der Waals surface area contributed by atoms with Gasteiger partial charge in [-0.25, -0.2) is 9.59 Å². The van der Waals surface area contributed by atoms with Gasteiger partial charge in [0.1, 0.15) is 11.1 Å². The maximum absolute atomic E-state index is 14.1. The van der Waals surface area contributed by atoms with Crippen molar-refractivity contribution in [1.29, 1.82) is 5.26 Å². The zero-order valence-electron chi connectivity index (χ0n) is 16.2. The van der Waals surface area contributed by atoms with Crippen molar-refractivity contribution in [2.45, 2.75) is 51.9 Å². The minimum atomic E-state index is -5.28. The number of carbonyl (C=O) groups excluding carboxylic acids is 2. The number of fused-ring (bicyclic) bond motifs is 1. The Bertz CT molecular complexity index is 818. The summed E-state index contributed by atoms with van der Waals surface area (Å²) < 4.78 is 51.5. The third-order valence-corrected chi connectivity index (χ3v) is 5.67. The molecule has 1 heterocycles. The number of anilines is 1. The first kappa shape index (κ1) is 22.8. The number of ether oxygens (including phenoxy) is 2. The number of esters is 1. The van der Waals surface area contributed by atoms with E-state index in [1.165, 1.54) is 13.8 Å². The fraction of sp³-hybridized carbons (Fsp3) is 0.611. The quantitative estimate of drug-likeness (QED) is 0.524. The molecule has 0 bridgehead atoms. The first-order valence-electron chi connectivity index (χ1n) is 9.11. The zero-order valence-corrected chi connectivity index (χ0v) is 17.1. The number of amides is 1. The number of carbonyl (C=O) groups is 2. The molecule has 0 spiro atoms. The van der Waals surface area contributed by atoms with Gasteiger partial charge in [-0.15, -0.1) is 11.3 Å². The van der Waals surface area contributed by atoms with Gasteiger partial charge in [-0.3, -0.25) is 5.32 Å². The van der Waals surface area contributed by atoms with Gasteiger partial charge in [0.25, 0.3) is 0 Å². The molecule has 2 unspecified atom stereocenters. The molecule has 0 aliphatic heterocycles. The molecule has 0 aromatic carbocycles. The van der Waals surface area contributed by atoms with Crippen LogP contribution in [0.1, 0.15) is 43.2 Å². The van der Waals surface area contributed by atoms with E-state index >= 15 is 0 Å². The van der Waals surface area contributed by atoms with Crippen LogP contribution in [0, 0.1) is 17.2 Å². The highest BCUT2D eigenvalue weighted by Crippen LogP contribution is 2.42. The second-order valence-electron chi connectivity index (χ2n) is 6.61. The molecule has 2 rings (SSSR count). The van der Waals surface area contributed by atoms with E-state index in [2.05, 4.69) is 14.8 Å². The Morgan fingerprint density at radius 1 is 1.28 bits per heavy atom. The Hall–Kier alpha value is -2.48. The molecule has 29 heavy (non-hydrogen) atoms. The van der Waals surface area contributed by atoms with Gasteiger partial charge in [-0.2, -0.15) is 18.4 Å². The Morgan fingerprint density at radius 3 is 2.48 bits per heavy atom. The summed E-state index contributed by atoms with van der Waals surface area (Å²) in [6.07, 6.45) is -4.74. The summed E-state index contributed by atoms with van der Waals surface area (Å²) in [5.41, 5.74) is -2.88. The van der Waals surface area contributed by atoms with Gasteiger partial charge in [-0.1, -0.05) is 6.92 Å². The molecule has 2 atom stereocenters. The number of hydrogen-bond donors (Lipinski definition) is 2. The summed E-state index contributed by atoms with van der Waals surface area (Å²) in [5.74, 6) is -1.42. The molecule has 1 amide bonds. The van der Waals surface area contributed by atoms with E-state index in [0.29, 0.717) is 24.3 Å². The van der Waals surface area contributed by atoms with Crippen molar-refractivity contribution in [3.8, 4) is 6.07 Å². The highest BCUT2D eigenvalue weighted by molar-refractivity contribution is 7.16. The molecule has 2 N–H and O–H groups in total. The third kappa shape index (κ3) is 4.58. The van der Waals surface area contributed by atoms with Gasteiger partial charge < -0.3 is 14.8 Å². The van der Waals surface area contributed by atoms with Gasteiger partial charge >= 0.3 is 23.9 Å². The fourth-order valence-electron chi connectivity index (χ4n) is 3.08. The van der Waals surface area contributed by atoms with Gasteiger partial charge in [0.15, 0.2) is 0 Å². The standard InChI is InChI=1S/C18H22F3N3O4S/c1-4-27-15(25)17(18(19,20)21,24-16(26)28-5-2)23-14-12(9-22)11-7-6-10(3)8-13(11)29-14/h10,23H,4-8H2,1-3H3,(H,24,26). The lowest BCUT2D eigenvalue weighted by Gasteiger charge is -2.34. The highest BCUT2D eigenvalue weighted by atomic mass is 32.1. The summed E-state index contributed by atoms with van der Waals surface area (Å²) in [7, 11) is 0. The minimum absolute atomic E-state index is 0.0421. The molecule has 7 nitrogen and oxygen atoms in total. The smallest absolute Gasteiger partial charge is 0.442 e. The number of thiophene rings is 1. The summed E-state index contributed by atoms with van der Waals surface area (Å²) in [6.45, 7) is 4.23. The van der Waals surface area contributed by atoms with Crippen molar-refractivity contribution < 1.29 is 32.2 Å². The number of alkyl halides is 3. The van der Waals surface area contributed by atoms with Crippen LogP contribution in [0.15, 0.2) is 0 Å². The van der Waals surface area contributed by atoms with E-state index in [9.17, 15) is 28.0 Å². The van der Waals surface area contributed by atoms with Crippen LogP contribution >= 0.6 is 11.3 Å². The number of halogens is 3. The number of nitriles is 1. The molecule has 0 saturated heterocycles. The molecule has 0 fully saturated rings. The number of nitrogens with one attached hydrogen (secondary N) is 2. The van der Waals surface area contributed by atoms with Crippen LogP contribution in [0.5, 0.6) is 0 Å². The Labute approximate surface area is 170 Å². The van der Waals surface area contributed by atoms with Gasteiger partial charge in [-0.05, 0) is 44.6 Å². The van der Waals surface area contributed by atoms with Crippen LogP contribution in [-0.2, 0) is 27.1 Å². The van der Waals surface area contributed by atoms with Gasteiger partial charge in [0, 0.05) is 4.88 Å². The topological polar surface area (TPSA) is 100 Å². The van der Waals surface area contributed by atoms with Crippen molar-refractivity contribution in [2.24, 2.45) is 5.92 Å². The van der Waals surface area contributed by atoms with Crippen molar-refractivity contribution in [3.63, 3.8) is 0 Å². The predicted molar refractivity (Wildman–Crippen MR) is 99.4 cm³/mol. The lowest BCUT2D eigenvalue weighted by atomic mass is 9.88. The molecular formula is C18H22F3N3O4S. The molecular weight excluding hydrogens is 411 g/mol. The second-order valence-corrected chi connectivity index (χ2v) is 7.71. The Balaban J connectivity index is 2.56. The first-order valence-corrected chi connectivity index (χ1v) is 9.92. The number of rotatable bonds is 6. The molecule has 11 heteroatoms. The molecule has 1 aromatic rings. The largest absolute Gasteiger partial charge is 0.463 e. The van der Waals surface area contributed by atoms with E-state index in [1.54, 1.807) is 5.32 Å². The summed E-state index contributed by atoms with van der Waals surface area (Å²) in [4.78, 5) is 25.0.